The molecule has 0 amide bonds. The van der Waals surface area contributed by atoms with Crippen LogP contribution < -0.4 is 4.89 Å². The maximum absolute atomic E-state index is 12.9. The summed E-state index contributed by atoms with van der Waals surface area (Å²) in [4.78, 5) is 38.2. The van der Waals surface area contributed by atoms with Crippen LogP contribution in [0, 0.1) is 0 Å². The highest BCUT2D eigenvalue weighted by molar-refractivity contribution is 7.45. The Kier molecular flexibility index (Phi) is 76.7. The molecule has 0 N–H and O–H groups in total. The molecule has 0 rings (SSSR count). The zero-order chi connectivity index (χ0) is 72.5. The number of rotatable bonds is 78. The van der Waals surface area contributed by atoms with E-state index in [9.17, 15) is 19.0 Å². The third-order valence-corrected chi connectivity index (χ3v) is 19.4. The van der Waals surface area contributed by atoms with Crippen molar-refractivity contribution in [3.63, 3.8) is 0 Å². The van der Waals surface area contributed by atoms with Crippen molar-refractivity contribution < 1.29 is 42.1 Å². The summed E-state index contributed by atoms with van der Waals surface area (Å²) in [6, 6.07) is 0. The van der Waals surface area contributed by atoms with E-state index in [-0.39, 0.29) is 32.0 Å². The van der Waals surface area contributed by atoms with Crippen LogP contribution in [0.4, 0.5) is 0 Å². The molecule has 2 unspecified atom stereocenters. The number of unbranched alkanes of at least 4 members (excludes halogenated alkanes) is 44. The third kappa shape index (κ3) is 83.4. The summed E-state index contributed by atoms with van der Waals surface area (Å²) in [5, 5.41) is 0. The molecule has 9 nitrogen and oxygen atoms in total. The molecule has 0 heterocycles. The standard InChI is InChI=1S/C90H160NO8P/c1-6-8-10-12-14-16-18-20-22-24-26-28-30-32-34-36-38-40-42-44-45-47-49-51-53-55-57-59-61-63-65-67-69-71-73-75-77-79-81-83-90(93)99-88(87-98-100(94,95)97-85-84-91(3,4)5)86-96-89(92)82-80-78-76-74-72-70-68-66-64-62-60-58-56-54-52-50-48-46-43-41-39-37-35-33-31-29-27-25-23-21-19-17-15-13-11-9-7-2/h8,10,14,16,20,22,25-28,32,34,38,40,44-45,49,51,55,57,88H,6-7,9,11-13,15,17-19,21,23-24,29-31,33,35-37,39,41-43,46-48,50,52-54,56,58-87H2,1-5H3/b10-8-,16-14-,22-20-,27-25-,28-26-,34-32-,40-38-,45-44-,51-49-,57-55-. The average molecular weight is 1420 g/mol. The number of hydrogen-bond acceptors (Lipinski definition) is 8. The first-order valence-corrected chi connectivity index (χ1v) is 43.7. The van der Waals surface area contributed by atoms with Crippen molar-refractivity contribution in [3.8, 4) is 0 Å². The molecule has 0 spiro atoms. The van der Waals surface area contributed by atoms with Crippen LogP contribution in [0.2, 0.25) is 0 Å². The summed E-state index contributed by atoms with van der Waals surface area (Å²) in [6.07, 6.45) is 115. The monoisotopic (exact) mass is 1410 g/mol. The first-order valence-electron chi connectivity index (χ1n) is 42.2. The first kappa shape index (κ1) is 96.4. The number of carbonyl (C=O) groups excluding carboxylic acids is 2. The van der Waals surface area contributed by atoms with Crippen LogP contribution in [0.5, 0.6) is 0 Å². The van der Waals surface area contributed by atoms with Crippen molar-refractivity contribution in [3.05, 3.63) is 122 Å². The van der Waals surface area contributed by atoms with Crippen molar-refractivity contribution >= 4 is 19.8 Å². The van der Waals surface area contributed by atoms with Crippen LogP contribution in [-0.4, -0.2) is 70.0 Å². The van der Waals surface area contributed by atoms with E-state index in [0.29, 0.717) is 17.4 Å². The maximum Gasteiger partial charge on any atom is 0.306 e. The second-order valence-corrected chi connectivity index (χ2v) is 30.9. The fraction of sp³-hybridized carbons (Fsp3) is 0.756. The number of quaternary nitrogens is 1. The fourth-order valence-electron chi connectivity index (χ4n) is 12.1. The van der Waals surface area contributed by atoms with Crippen LogP contribution in [0.1, 0.15) is 386 Å². The number of nitrogens with zero attached hydrogens (tertiary/aromatic N) is 1. The Labute approximate surface area is 619 Å². The van der Waals surface area contributed by atoms with Crippen LogP contribution in [-0.2, 0) is 32.7 Å². The van der Waals surface area contributed by atoms with Crippen LogP contribution in [0.25, 0.3) is 0 Å². The highest BCUT2D eigenvalue weighted by Gasteiger charge is 2.22. The zero-order valence-electron chi connectivity index (χ0n) is 66.1. The molecule has 0 radical (unpaired) electrons. The Bertz CT molecular complexity index is 2110. The molecule has 0 aromatic rings. The number of phosphoric acid groups is 1. The Morgan fingerprint density at radius 2 is 0.570 bits per heavy atom. The summed E-state index contributed by atoms with van der Waals surface area (Å²) in [5.41, 5.74) is 0. The lowest BCUT2D eigenvalue weighted by atomic mass is 10.0. The second kappa shape index (κ2) is 79.5. The van der Waals surface area contributed by atoms with E-state index in [0.717, 1.165) is 103 Å². The number of allylic oxidation sites excluding steroid dienone is 20. The number of hydrogen-bond donors (Lipinski definition) is 0. The van der Waals surface area contributed by atoms with Crippen molar-refractivity contribution in [1.29, 1.82) is 0 Å². The van der Waals surface area contributed by atoms with Gasteiger partial charge in [0.25, 0.3) is 7.82 Å². The minimum Gasteiger partial charge on any atom is -0.756 e. The van der Waals surface area contributed by atoms with E-state index in [4.69, 9.17) is 18.5 Å². The number of likely N-dealkylation sites (N-methyl/N-ethyl adjacent to an activating group) is 1. The predicted octanol–water partition coefficient (Wildman–Crippen LogP) is 27.9. The summed E-state index contributed by atoms with van der Waals surface area (Å²) >= 11 is 0. The van der Waals surface area contributed by atoms with E-state index < -0.39 is 26.5 Å². The quantitative estimate of drug-likeness (QED) is 0.0195. The van der Waals surface area contributed by atoms with Gasteiger partial charge in [0, 0.05) is 12.8 Å². The Morgan fingerprint density at radius 3 is 0.860 bits per heavy atom. The van der Waals surface area contributed by atoms with E-state index in [1.54, 1.807) is 0 Å². The molecule has 0 saturated carbocycles. The van der Waals surface area contributed by atoms with E-state index in [2.05, 4.69) is 135 Å². The molecule has 0 aliphatic rings. The van der Waals surface area contributed by atoms with Gasteiger partial charge in [0.05, 0.1) is 27.7 Å². The molecule has 0 aromatic heterocycles. The molecule has 0 bridgehead atoms. The molecule has 0 fully saturated rings. The van der Waals surface area contributed by atoms with Crippen LogP contribution in [0.15, 0.2) is 122 Å². The molecule has 578 valence electrons. The molecule has 100 heavy (non-hydrogen) atoms. The highest BCUT2D eigenvalue weighted by atomic mass is 31.2. The largest absolute Gasteiger partial charge is 0.756 e. The van der Waals surface area contributed by atoms with E-state index in [1.807, 2.05) is 21.1 Å². The Hall–Kier alpha value is -3.59. The summed E-state index contributed by atoms with van der Waals surface area (Å²) < 4.78 is 34.4. The molecular formula is C90H160NO8P. The topological polar surface area (TPSA) is 111 Å². The lowest BCUT2D eigenvalue weighted by molar-refractivity contribution is -0.870. The van der Waals surface area contributed by atoms with Gasteiger partial charge in [-0.05, 0) is 109 Å². The molecular weight excluding hydrogens is 1250 g/mol. The number of ether oxygens (including phenoxy) is 2. The average Bonchev–Trinajstić information content (AvgIpc) is 1.07. The second-order valence-electron chi connectivity index (χ2n) is 29.5. The number of esters is 2. The van der Waals surface area contributed by atoms with Gasteiger partial charge in [0.1, 0.15) is 19.8 Å². The third-order valence-electron chi connectivity index (χ3n) is 18.5. The van der Waals surface area contributed by atoms with Crippen molar-refractivity contribution in [2.24, 2.45) is 0 Å². The number of carbonyl (C=O) groups is 2. The Morgan fingerprint density at radius 1 is 0.320 bits per heavy atom. The van der Waals surface area contributed by atoms with Gasteiger partial charge >= 0.3 is 11.9 Å². The molecule has 0 aliphatic heterocycles. The van der Waals surface area contributed by atoms with Crippen molar-refractivity contribution in [2.75, 3.05) is 47.5 Å². The number of phosphoric ester groups is 1. The van der Waals surface area contributed by atoms with Gasteiger partial charge < -0.3 is 27.9 Å². The minimum atomic E-state index is -4.65. The van der Waals surface area contributed by atoms with Gasteiger partial charge in [0.15, 0.2) is 6.10 Å². The van der Waals surface area contributed by atoms with Crippen LogP contribution >= 0.6 is 7.82 Å². The maximum atomic E-state index is 12.9. The molecule has 2 atom stereocenters. The van der Waals surface area contributed by atoms with Gasteiger partial charge in [0.2, 0.25) is 0 Å². The normalized spacial score (nSPS) is 13.6. The lowest BCUT2D eigenvalue weighted by Crippen LogP contribution is -2.37. The Balaban J connectivity index is 3.96. The smallest absolute Gasteiger partial charge is 0.306 e. The van der Waals surface area contributed by atoms with E-state index >= 15 is 0 Å². The summed E-state index contributed by atoms with van der Waals surface area (Å²) in [6.45, 7) is 4.17. The minimum absolute atomic E-state index is 0.0341. The molecule has 0 saturated heterocycles. The molecule has 10 heteroatoms. The van der Waals surface area contributed by atoms with Crippen molar-refractivity contribution in [2.45, 2.75) is 392 Å². The highest BCUT2D eigenvalue weighted by Crippen LogP contribution is 2.38. The van der Waals surface area contributed by atoms with Gasteiger partial charge in [-0.2, -0.15) is 0 Å². The zero-order valence-corrected chi connectivity index (χ0v) is 67.0. The predicted molar refractivity (Wildman–Crippen MR) is 434 cm³/mol. The van der Waals surface area contributed by atoms with Gasteiger partial charge in [-0.3, -0.25) is 14.2 Å². The van der Waals surface area contributed by atoms with Crippen molar-refractivity contribution in [1.82, 2.24) is 0 Å². The molecule has 0 aliphatic carbocycles. The summed E-state index contributed by atoms with van der Waals surface area (Å²) in [5.74, 6) is -0.825. The van der Waals surface area contributed by atoms with Crippen LogP contribution in [0.3, 0.4) is 0 Å². The van der Waals surface area contributed by atoms with Gasteiger partial charge in [-0.1, -0.05) is 386 Å². The SMILES string of the molecule is CC/C=C\C/C=C\C/C=C\C/C=C\C/C=C\C/C=C\C/C=C\C/C=C\C/C=C\CCCCCCCCCCCCCC(=O)OC(COC(=O)CCCCCCCCCCCCCCCCCCCCCCCCCCC/C=C\CCCCCCCCCC)COP(=O)([O-])OCC[N+](C)(C)C. The fourth-order valence-corrected chi connectivity index (χ4v) is 12.8. The van der Waals surface area contributed by atoms with Gasteiger partial charge in [-0.25, -0.2) is 0 Å². The molecule has 0 aromatic carbocycles. The van der Waals surface area contributed by atoms with Gasteiger partial charge in [-0.15, -0.1) is 0 Å². The van der Waals surface area contributed by atoms with E-state index in [1.165, 1.54) is 250 Å². The first-order chi connectivity index (χ1) is 49.0. The lowest BCUT2D eigenvalue weighted by Gasteiger charge is -2.28. The summed E-state index contributed by atoms with van der Waals surface area (Å²) in [7, 11) is 1.17.